The van der Waals surface area contributed by atoms with E-state index in [0.717, 1.165) is 33.4 Å². The molecule has 0 spiro atoms. The zero-order valence-electron chi connectivity index (χ0n) is 16.5. The van der Waals surface area contributed by atoms with Gasteiger partial charge in [-0.15, -0.1) is 0 Å². The molecule has 0 radical (unpaired) electrons. The molecule has 1 N–H and O–H groups in total. The average molecular weight is 379 g/mol. The van der Waals surface area contributed by atoms with Crippen molar-refractivity contribution in [3.8, 4) is 5.75 Å². The smallest absolute Gasteiger partial charge is 0.340 e. The van der Waals surface area contributed by atoms with Crippen molar-refractivity contribution in [2.24, 2.45) is 0 Å². The third-order valence-corrected chi connectivity index (χ3v) is 5.37. The molecular formula is C23H25NO4. The molecule has 0 saturated heterocycles. The summed E-state index contributed by atoms with van der Waals surface area (Å²) in [6.07, 6.45) is 0.134. The number of aliphatic hydroxyl groups excluding tert-OH is 1. The summed E-state index contributed by atoms with van der Waals surface area (Å²) in [6, 6.07) is 12.0. The van der Waals surface area contributed by atoms with E-state index in [2.05, 4.69) is 11.0 Å². The second-order valence-corrected chi connectivity index (χ2v) is 7.66. The van der Waals surface area contributed by atoms with Gasteiger partial charge in [0.25, 0.3) is 0 Å². The first-order valence-electron chi connectivity index (χ1n) is 9.60. The first kappa shape index (κ1) is 18.7. The SMILES string of the molecule is Cc1c(Cc2ccccc2)c(=O)oc2c(C)c3c(cc12)CN(C[C@@H](C)O)CO3. The largest absolute Gasteiger partial charge is 0.477 e. The van der Waals surface area contributed by atoms with E-state index in [4.69, 9.17) is 9.15 Å². The van der Waals surface area contributed by atoms with Gasteiger partial charge < -0.3 is 14.3 Å². The van der Waals surface area contributed by atoms with E-state index >= 15 is 0 Å². The molecule has 2 aromatic carbocycles. The van der Waals surface area contributed by atoms with Gasteiger partial charge in [-0.05, 0) is 38.0 Å². The van der Waals surface area contributed by atoms with E-state index in [9.17, 15) is 9.90 Å². The molecule has 3 aromatic rings. The maximum atomic E-state index is 12.7. The lowest BCUT2D eigenvalue weighted by Crippen LogP contribution is -2.37. The summed E-state index contributed by atoms with van der Waals surface area (Å²) in [5, 5.41) is 10.6. The van der Waals surface area contributed by atoms with Gasteiger partial charge in [-0.1, -0.05) is 30.3 Å². The van der Waals surface area contributed by atoms with Crippen molar-refractivity contribution in [3.05, 3.63) is 74.6 Å². The Labute approximate surface area is 164 Å². The quantitative estimate of drug-likeness (QED) is 0.703. The molecule has 146 valence electrons. The predicted molar refractivity (Wildman–Crippen MR) is 109 cm³/mol. The average Bonchev–Trinajstić information content (AvgIpc) is 2.67. The van der Waals surface area contributed by atoms with Crippen LogP contribution in [0.25, 0.3) is 11.0 Å². The van der Waals surface area contributed by atoms with E-state index in [1.165, 1.54) is 0 Å². The molecule has 0 amide bonds. The van der Waals surface area contributed by atoms with E-state index in [1.807, 2.05) is 44.2 Å². The lowest BCUT2D eigenvalue weighted by atomic mass is 9.96. The monoisotopic (exact) mass is 379 g/mol. The molecule has 0 aliphatic carbocycles. The van der Waals surface area contributed by atoms with Gasteiger partial charge in [-0.2, -0.15) is 0 Å². The molecule has 4 rings (SSSR count). The second kappa shape index (κ2) is 7.41. The third-order valence-electron chi connectivity index (χ3n) is 5.37. The highest BCUT2D eigenvalue weighted by molar-refractivity contribution is 5.87. The zero-order valence-corrected chi connectivity index (χ0v) is 16.5. The van der Waals surface area contributed by atoms with Gasteiger partial charge in [0.2, 0.25) is 0 Å². The number of hydrogen-bond acceptors (Lipinski definition) is 5. The van der Waals surface area contributed by atoms with E-state index in [-0.39, 0.29) is 5.63 Å². The predicted octanol–water partition coefficient (Wildman–Crippen LogP) is 3.53. The van der Waals surface area contributed by atoms with Crippen LogP contribution < -0.4 is 10.4 Å². The number of hydrogen-bond donors (Lipinski definition) is 1. The van der Waals surface area contributed by atoms with Crippen molar-refractivity contribution in [2.45, 2.75) is 39.8 Å². The fourth-order valence-electron chi connectivity index (χ4n) is 3.99. The Morgan fingerprint density at radius 1 is 1.18 bits per heavy atom. The molecule has 2 heterocycles. The summed E-state index contributed by atoms with van der Waals surface area (Å²) in [7, 11) is 0. The number of rotatable bonds is 4. The summed E-state index contributed by atoms with van der Waals surface area (Å²) in [6.45, 7) is 7.36. The minimum absolute atomic E-state index is 0.288. The summed E-state index contributed by atoms with van der Waals surface area (Å²) < 4.78 is 11.7. The lowest BCUT2D eigenvalue weighted by Gasteiger charge is -2.31. The van der Waals surface area contributed by atoms with E-state index in [1.54, 1.807) is 6.92 Å². The molecule has 1 atom stereocenters. The van der Waals surface area contributed by atoms with Crippen LogP contribution in [0.3, 0.4) is 0 Å². The molecule has 5 nitrogen and oxygen atoms in total. The van der Waals surface area contributed by atoms with Crippen molar-refractivity contribution < 1.29 is 14.3 Å². The number of benzene rings is 2. The molecule has 0 unspecified atom stereocenters. The number of β-amino-alcohol motifs (C(OH)–C–C–N with tert-alkyl or cyclic N) is 1. The van der Waals surface area contributed by atoms with Crippen LogP contribution in [0.4, 0.5) is 0 Å². The number of aliphatic hydroxyl groups is 1. The number of aryl methyl sites for hydroxylation is 2. The number of ether oxygens (including phenoxy) is 1. The Morgan fingerprint density at radius 2 is 1.93 bits per heavy atom. The van der Waals surface area contributed by atoms with Crippen LogP contribution in [0.15, 0.2) is 45.6 Å². The minimum Gasteiger partial charge on any atom is -0.477 e. The van der Waals surface area contributed by atoms with Gasteiger partial charge in [-0.3, -0.25) is 4.90 Å². The number of nitrogens with zero attached hydrogens (tertiary/aromatic N) is 1. The van der Waals surface area contributed by atoms with Gasteiger partial charge in [0.1, 0.15) is 18.1 Å². The molecule has 5 heteroatoms. The van der Waals surface area contributed by atoms with Crippen LogP contribution in [0, 0.1) is 13.8 Å². The topological polar surface area (TPSA) is 62.9 Å². The van der Waals surface area contributed by atoms with Crippen molar-refractivity contribution in [1.82, 2.24) is 4.90 Å². The maximum Gasteiger partial charge on any atom is 0.340 e. The van der Waals surface area contributed by atoms with Crippen LogP contribution in [0.2, 0.25) is 0 Å². The molecular weight excluding hydrogens is 354 g/mol. The maximum absolute atomic E-state index is 12.7. The Kier molecular flexibility index (Phi) is 4.96. The fraction of sp³-hybridized carbons (Fsp3) is 0.348. The van der Waals surface area contributed by atoms with Crippen molar-refractivity contribution in [1.29, 1.82) is 0 Å². The molecule has 1 aliphatic rings. The zero-order chi connectivity index (χ0) is 19.8. The molecule has 0 saturated carbocycles. The molecule has 1 aliphatic heterocycles. The van der Waals surface area contributed by atoms with Gasteiger partial charge in [0.15, 0.2) is 0 Å². The van der Waals surface area contributed by atoms with Crippen LogP contribution >= 0.6 is 0 Å². The van der Waals surface area contributed by atoms with Crippen molar-refractivity contribution in [3.63, 3.8) is 0 Å². The Balaban J connectivity index is 1.80. The summed E-state index contributed by atoms with van der Waals surface area (Å²) in [4.78, 5) is 14.8. The van der Waals surface area contributed by atoms with E-state index in [0.29, 0.717) is 37.4 Å². The first-order valence-corrected chi connectivity index (χ1v) is 9.60. The highest BCUT2D eigenvalue weighted by atomic mass is 16.5. The molecule has 0 bridgehead atoms. The van der Waals surface area contributed by atoms with Gasteiger partial charge in [-0.25, -0.2) is 4.79 Å². The van der Waals surface area contributed by atoms with Gasteiger partial charge >= 0.3 is 5.63 Å². The van der Waals surface area contributed by atoms with E-state index < -0.39 is 6.10 Å². The Bertz CT molecular complexity index is 1070. The Morgan fingerprint density at radius 3 is 2.64 bits per heavy atom. The summed E-state index contributed by atoms with van der Waals surface area (Å²) in [5.74, 6) is 0.785. The Hall–Kier alpha value is -2.63. The minimum atomic E-state index is -0.413. The summed E-state index contributed by atoms with van der Waals surface area (Å²) in [5.41, 5.74) is 4.95. The van der Waals surface area contributed by atoms with Crippen LogP contribution in [-0.4, -0.2) is 29.4 Å². The normalized spacial score (nSPS) is 15.3. The van der Waals surface area contributed by atoms with Crippen LogP contribution in [0.1, 0.15) is 34.7 Å². The highest BCUT2D eigenvalue weighted by Gasteiger charge is 2.24. The van der Waals surface area contributed by atoms with Gasteiger partial charge in [0.05, 0.1) is 6.10 Å². The molecule has 1 aromatic heterocycles. The van der Waals surface area contributed by atoms with Crippen LogP contribution in [-0.2, 0) is 13.0 Å². The van der Waals surface area contributed by atoms with Crippen molar-refractivity contribution in [2.75, 3.05) is 13.3 Å². The first-order chi connectivity index (χ1) is 13.4. The van der Waals surface area contributed by atoms with Gasteiger partial charge in [0, 0.05) is 41.6 Å². The highest BCUT2D eigenvalue weighted by Crippen LogP contribution is 2.36. The van der Waals surface area contributed by atoms with Crippen molar-refractivity contribution >= 4 is 11.0 Å². The molecule has 0 fully saturated rings. The fourth-order valence-corrected chi connectivity index (χ4v) is 3.99. The third kappa shape index (κ3) is 3.43. The molecule has 28 heavy (non-hydrogen) atoms. The lowest BCUT2D eigenvalue weighted by molar-refractivity contribution is 0.0498. The number of fused-ring (bicyclic) bond motifs is 2. The van der Waals surface area contributed by atoms with Crippen LogP contribution in [0.5, 0.6) is 5.75 Å². The standard InChI is InChI=1S/C23H25NO4/c1-14(25)11-24-12-18-10-19-15(2)20(9-17-7-5-4-6-8-17)23(26)28-22(19)16(3)21(18)27-13-24/h4-8,10,14,25H,9,11-13H2,1-3H3/t14-/m1/s1. The summed E-state index contributed by atoms with van der Waals surface area (Å²) >= 11 is 0. The second-order valence-electron chi connectivity index (χ2n) is 7.66.